The van der Waals surface area contributed by atoms with Crippen LogP contribution in [0.5, 0.6) is 0 Å². The minimum absolute atomic E-state index is 0.877. The van der Waals surface area contributed by atoms with E-state index in [1.54, 1.807) is 3.58 Å². The van der Waals surface area contributed by atoms with E-state index in [2.05, 4.69) is 63.9 Å². The maximum atomic E-state index is 4.96. The average Bonchev–Trinajstić information content (AvgIpc) is 2.44. The van der Waals surface area contributed by atoms with E-state index in [-0.39, 0.29) is 0 Å². The number of allylic oxidation sites excluding steroid dienone is 1. The van der Waals surface area contributed by atoms with Gasteiger partial charge in [0.05, 0.1) is 0 Å². The predicted molar refractivity (Wildman–Crippen MR) is 96.1 cm³/mol. The van der Waals surface area contributed by atoms with Crippen molar-refractivity contribution in [1.82, 2.24) is 4.98 Å². The third-order valence-electron chi connectivity index (χ3n) is 3.91. The van der Waals surface area contributed by atoms with E-state index in [0.29, 0.717) is 0 Å². The molecule has 0 atom stereocenters. The van der Waals surface area contributed by atoms with Crippen LogP contribution in [0.4, 0.5) is 0 Å². The molecule has 3 rings (SSSR count). The van der Waals surface area contributed by atoms with Crippen molar-refractivity contribution in [3.05, 3.63) is 60.7 Å². The molecular formula is C19H21NSn. The molecule has 0 aliphatic heterocycles. The molecule has 0 fully saturated rings. The number of nitrogens with zero attached hydrogens (tertiary/aromatic N) is 1. The molecule has 0 radical (unpaired) electrons. The topological polar surface area (TPSA) is 12.9 Å². The van der Waals surface area contributed by atoms with Crippen LogP contribution in [-0.2, 0) is 6.42 Å². The summed E-state index contributed by atoms with van der Waals surface area (Å²) in [5.74, 6) is 0. The third kappa shape index (κ3) is 2.59. The fraction of sp³-hybridized carbons (Fsp3) is 0.211. The first-order valence-corrected chi connectivity index (χ1v) is 17.4. The number of benzene rings is 2. The van der Waals surface area contributed by atoms with Crippen molar-refractivity contribution in [2.75, 3.05) is 0 Å². The summed E-state index contributed by atoms with van der Waals surface area (Å²) in [7, 11) is 0. The van der Waals surface area contributed by atoms with Gasteiger partial charge in [-0.25, -0.2) is 0 Å². The summed E-state index contributed by atoms with van der Waals surface area (Å²) in [6.07, 6.45) is 2.84. The fourth-order valence-corrected chi connectivity index (χ4v) is 8.89. The molecule has 0 saturated carbocycles. The zero-order chi connectivity index (χ0) is 15.0. The Morgan fingerprint density at radius 2 is 1.71 bits per heavy atom. The van der Waals surface area contributed by atoms with Crippen molar-refractivity contribution in [2.45, 2.75) is 21.2 Å². The Labute approximate surface area is 130 Å². The maximum absolute atomic E-state index is 4.96. The van der Waals surface area contributed by atoms with Gasteiger partial charge in [-0.1, -0.05) is 0 Å². The van der Waals surface area contributed by atoms with Gasteiger partial charge in [0.2, 0.25) is 0 Å². The van der Waals surface area contributed by atoms with Gasteiger partial charge in [0.1, 0.15) is 0 Å². The van der Waals surface area contributed by atoms with Crippen molar-refractivity contribution in [3.8, 4) is 0 Å². The van der Waals surface area contributed by atoms with Crippen LogP contribution in [-0.4, -0.2) is 23.4 Å². The van der Waals surface area contributed by atoms with Crippen molar-refractivity contribution < 1.29 is 0 Å². The molecule has 0 N–H and O–H groups in total. The van der Waals surface area contributed by atoms with Crippen LogP contribution in [0.1, 0.15) is 5.56 Å². The van der Waals surface area contributed by atoms with Gasteiger partial charge >= 0.3 is 131 Å². The molecule has 0 amide bonds. The summed E-state index contributed by atoms with van der Waals surface area (Å²) >= 11 is -2.27. The number of pyridine rings is 1. The van der Waals surface area contributed by atoms with E-state index < -0.39 is 18.4 Å². The zero-order valence-electron chi connectivity index (χ0n) is 13.0. The average molecular weight is 382 g/mol. The van der Waals surface area contributed by atoms with Gasteiger partial charge in [-0.3, -0.25) is 0 Å². The Morgan fingerprint density at radius 3 is 2.43 bits per heavy atom. The van der Waals surface area contributed by atoms with Gasteiger partial charge < -0.3 is 0 Å². The SMILES string of the molecule is C=CCc1cccc2[c]([Sn]([CH3])([CH3])[CH3])c3ccccc3nc12. The zero-order valence-corrected chi connectivity index (χ0v) is 15.8. The van der Waals surface area contributed by atoms with E-state index in [1.807, 2.05) is 6.08 Å². The number of fused-ring (bicyclic) bond motifs is 2. The summed E-state index contributed by atoms with van der Waals surface area (Å²) < 4.78 is 1.59. The molecule has 0 bridgehead atoms. The molecule has 0 aliphatic carbocycles. The normalized spacial score (nSPS) is 12.0. The summed E-state index contributed by atoms with van der Waals surface area (Å²) in [6.45, 7) is 3.88. The quantitative estimate of drug-likeness (QED) is 0.365. The monoisotopic (exact) mass is 383 g/mol. The van der Waals surface area contributed by atoms with Gasteiger partial charge in [-0.05, 0) is 0 Å². The minimum atomic E-state index is -2.27. The second-order valence-corrected chi connectivity index (χ2v) is 20.8. The van der Waals surface area contributed by atoms with Crippen LogP contribution in [0.15, 0.2) is 55.1 Å². The summed E-state index contributed by atoms with van der Waals surface area (Å²) in [6, 6.07) is 15.2. The first-order valence-electron chi connectivity index (χ1n) is 7.44. The van der Waals surface area contributed by atoms with Gasteiger partial charge in [-0.15, -0.1) is 0 Å². The number of para-hydroxylation sites is 2. The Bertz CT molecular complexity index is 828. The second-order valence-electron chi connectivity index (χ2n) is 6.56. The van der Waals surface area contributed by atoms with Crippen LogP contribution in [0.3, 0.4) is 0 Å². The van der Waals surface area contributed by atoms with Gasteiger partial charge in [0, 0.05) is 0 Å². The number of aromatic nitrogens is 1. The molecule has 0 aliphatic rings. The third-order valence-corrected chi connectivity index (χ3v) is 9.73. The first kappa shape index (κ1) is 14.6. The molecular weight excluding hydrogens is 361 g/mol. The van der Waals surface area contributed by atoms with Crippen molar-refractivity contribution >= 4 is 43.8 Å². The molecule has 0 unspecified atom stereocenters. The Kier molecular flexibility index (Phi) is 3.78. The van der Waals surface area contributed by atoms with Crippen molar-refractivity contribution in [3.63, 3.8) is 0 Å². The Morgan fingerprint density at radius 1 is 1.00 bits per heavy atom. The molecule has 2 aromatic carbocycles. The van der Waals surface area contributed by atoms with E-state index in [9.17, 15) is 0 Å². The van der Waals surface area contributed by atoms with Gasteiger partial charge in [0.25, 0.3) is 0 Å². The molecule has 21 heavy (non-hydrogen) atoms. The van der Waals surface area contributed by atoms with Crippen molar-refractivity contribution in [2.24, 2.45) is 0 Å². The van der Waals surface area contributed by atoms with Crippen LogP contribution < -0.4 is 3.58 Å². The molecule has 1 heterocycles. The Balaban J connectivity index is 2.53. The van der Waals surface area contributed by atoms with Crippen LogP contribution in [0.25, 0.3) is 21.8 Å². The van der Waals surface area contributed by atoms with Crippen LogP contribution in [0.2, 0.25) is 14.8 Å². The van der Waals surface area contributed by atoms with E-state index >= 15 is 0 Å². The second kappa shape index (κ2) is 5.45. The number of rotatable bonds is 3. The van der Waals surface area contributed by atoms with Gasteiger partial charge in [-0.2, -0.15) is 0 Å². The molecule has 0 saturated heterocycles. The standard InChI is InChI=1S/C16H12N.3CH3.Sn/c1-2-6-12-8-5-9-14-11-13-7-3-4-10-15(13)17-16(12)14;;;;/h2-5,7-10H,1,6H2;3*1H3;. The van der Waals surface area contributed by atoms with Crippen molar-refractivity contribution in [1.29, 1.82) is 0 Å². The predicted octanol–water partition coefficient (Wildman–Crippen LogP) is 4.66. The van der Waals surface area contributed by atoms with Gasteiger partial charge in [0.15, 0.2) is 0 Å². The summed E-state index contributed by atoms with van der Waals surface area (Å²) in [5.41, 5.74) is 3.57. The molecule has 106 valence electrons. The molecule has 1 nitrogen and oxygen atoms in total. The van der Waals surface area contributed by atoms with E-state index in [1.165, 1.54) is 16.3 Å². The molecule has 2 heteroatoms. The number of hydrogen-bond donors (Lipinski definition) is 0. The Hall–Kier alpha value is -1.35. The van der Waals surface area contributed by atoms with E-state index in [4.69, 9.17) is 4.98 Å². The summed E-state index contributed by atoms with van der Waals surface area (Å²) in [4.78, 5) is 12.4. The van der Waals surface area contributed by atoms with Crippen LogP contribution in [0, 0.1) is 0 Å². The summed E-state index contributed by atoms with van der Waals surface area (Å²) in [5, 5.41) is 2.71. The molecule has 0 spiro atoms. The molecule has 3 aromatic rings. The fourth-order valence-electron chi connectivity index (χ4n) is 3.10. The molecule has 1 aromatic heterocycles. The van der Waals surface area contributed by atoms with E-state index in [0.717, 1.165) is 17.5 Å². The first-order chi connectivity index (χ1) is 10.0. The number of hydrogen-bond acceptors (Lipinski definition) is 1. The van der Waals surface area contributed by atoms with Crippen LogP contribution >= 0.6 is 0 Å².